The Balaban J connectivity index is 1.53. The normalized spacial score (nSPS) is 10.7. The van der Waals surface area contributed by atoms with Gasteiger partial charge < -0.3 is 41.1 Å². The molecule has 0 aliphatic rings. The number of hydrogen-bond donors (Lipinski definition) is 5. The number of nitrogens with two attached hydrogens (primary N) is 1. The quantitative estimate of drug-likeness (QED) is 0.123. The summed E-state index contributed by atoms with van der Waals surface area (Å²) in [6, 6.07) is 13.8. The number of hydrogen-bond acceptors (Lipinski definition) is 11. The number of ether oxygens (including phenoxy) is 2. The van der Waals surface area contributed by atoms with E-state index in [2.05, 4.69) is 30.9 Å². The fourth-order valence-electron chi connectivity index (χ4n) is 2.92. The number of aromatic nitrogens is 3. The summed E-state index contributed by atoms with van der Waals surface area (Å²) in [4.78, 5) is 24.2. The molecule has 0 radical (unpaired) electrons. The predicted molar refractivity (Wildman–Crippen MR) is 135 cm³/mol. The summed E-state index contributed by atoms with van der Waals surface area (Å²) in [7, 11) is 0. The first-order valence-corrected chi connectivity index (χ1v) is 11.3. The molecule has 0 aliphatic carbocycles. The molecule has 6 N–H and O–H groups in total. The smallest absolute Gasteiger partial charge is 0.233 e. The van der Waals surface area contributed by atoms with Gasteiger partial charge in [0.1, 0.15) is 11.5 Å². The zero-order valence-electron chi connectivity index (χ0n) is 19.7. The first-order valence-electron chi connectivity index (χ1n) is 11.3. The van der Waals surface area contributed by atoms with Crippen LogP contribution in [0.4, 0.5) is 34.9 Å². The number of anilines is 6. The zero-order chi connectivity index (χ0) is 24.9. The summed E-state index contributed by atoms with van der Waals surface area (Å²) in [5.74, 6) is 1.37. The van der Waals surface area contributed by atoms with E-state index in [0.29, 0.717) is 68.6 Å². The molecule has 186 valence electrons. The van der Waals surface area contributed by atoms with Gasteiger partial charge in [-0.2, -0.15) is 15.0 Å². The van der Waals surface area contributed by atoms with Crippen LogP contribution in [0.1, 0.15) is 19.8 Å². The van der Waals surface area contributed by atoms with E-state index in [1.807, 2.05) is 12.1 Å². The zero-order valence-corrected chi connectivity index (χ0v) is 19.7. The highest BCUT2D eigenvalue weighted by Crippen LogP contribution is 2.20. The topological polar surface area (TPSA) is 157 Å². The molecule has 3 rings (SSSR count). The molecule has 35 heavy (non-hydrogen) atoms. The molecule has 0 unspecified atom stereocenters. The highest BCUT2D eigenvalue weighted by molar-refractivity contribution is 5.75. The third-order valence-electron chi connectivity index (χ3n) is 4.64. The van der Waals surface area contributed by atoms with Gasteiger partial charge in [0.2, 0.25) is 17.8 Å². The fraction of sp³-hybridized carbons (Fsp3) is 0.333. The minimum Gasteiger partial charge on any atom is -0.508 e. The molecule has 0 fully saturated rings. The molecule has 0 saturated carbocycles. The van der Waals surface area contributed by atoms with Gasteiger partial charge in [-0.15, -0.1) is 0 Å². The first-order chi connectivity index (χ1) is 17.0. The van der Waals surface area contributed by atoms with Gasteiger partial charge in [-0.1, -0.05) is 0 Å². The van der Waals surface area contributed by atoms with Crippen molar-refractivity contribution in [2.75, 3.05) is 54.7 Å². The van der Waals surface area contributed by atoms with Gasteiger partial charge in [0.15, 0.2) is 0 Å². The van der Waals surface area contributed by atoms with Crippen molar-refractivity contribution in [2.45, 2.75) is 19.8 Å². The second-order valence-electron chi connectivity index (χ2n) is 7.68. The summed E-state index contributed by atoms with van der Waals surface area (Å²) >= 11 is 0. The van der Waals surface area contributed by atoms with Gasteiger partial charge in [-0.3, -0.25) is 0 Å². The van der Waals surface area contributed by atoms with Crippen LogP contribution in [-0.4, -0.2) is 58.8 Å². The van der Waals surface area contributed by atoms with Crippen LogP contribution in [0, 0.1) is 0 Å². The summed E-state index contributed by atoms with van der Waals surface area (Å²) < 4.78 is 11.0. The number of nitrogens with one attached hydrogen (secondary N) is 3. The van der Waals surface area contributed by atoms with Gasteiger partial charge in [0, 0.05) is 36.6 Å². The van der Waals surface area contributed by atoms with E-state index in [1.54, 1.807) is 43.3 Å². The predicted octanol–water partition coefficient (Wildman–Crippen LogP) is 3.46. The van der Waals surface area contributed by atoms with Crippen molar-refractivity contribution in [1.29, 1.82) is 0 Å². The van der Waals surface area contributed by atoms with Gasteiger partial charge >= 0.3 is 0 Å². The van der Waals surface area contributed by atoms with Gasteiger partial charge in [-0.25, -0.2) is 0 Å². The van der Waals surface area contributed by atoms with E-state index in [-0.39, 0.29) is 11.5 Å². The lowest BCUT2D eigenvalue weighted by Gasteiger charge is -2.12. The Hall–Kier alpha value is -3.96. The Morgan fingerprint density at radius 3 is 1.97 bits per heavy atom. The molecule has 0 aliphatic heterocycles. The van der Waals surface area contributed by atoms with Crippen LogP contribution in [0.2, 0.25) is 0 Å². The van der Waals surface area contributed by atoms with Crippen molar-refractivity contribution in [3.8, 4) is 5.75 Å². The first kappa shape index (κ1) is 25.7. The Bertz CT molecular complexity index is 997. The van der Waals surface area contributed by atoms with Gasteiger partial charge in [0.25, 0.3) is 0 Å². The highest BCUT2D eigenvalue weighted by Gasteiger charge is 2.08. The summed E-state index contributed by atoms with van der Waals surface area (Å²) in [6.45, 7) is 3.97. The number of benzene rings is 2. The molecule has 11 heteroatoms. The number of nitrogen functional groups attached to an aromatic ring is 1. The number of carbonyl (C=O) groups excluding carboxylic acids is 1. The van der Waals surface area contributed by atoms with Crippen LogP contribution < -0.4 is 21.7 Å². The minimum absolute atomic E-state index is 0.167. The lowest BCUT2D eigenvalue weighted by Crippen LogP contribution is -2.15. The Kier molecular flexibility index (Phi) is 10.0. The van der Waals surface area contributed by atoms with Crippen molar-refractivity contribution >= 4 is 40.7 Å². The fourth-order valence-corrected chi connectivity index (χ4v) is 2.92. The van der Waals surface area contributed by atoms with Gasteiger partial charge in [-0.05, 0) is 61.9 Å². The van der Waals surface area contributed by atoms with Gasteiger partial charge in [0.05, 0.1) is 19.8 Å². The molecule has 0 atom stereocenters. The maximum atomic E-state index is 10.9. The molecule has 11 nitrogen and oxygen atoms in total. The van der Waals surface area contributed by atoms with E-state index in [0.717, 1.165) is 12.1 Å². The molecule has 2 aromatic carbocycles. The number of ketones is 1. The molecule has 0 spiro atoms. The third kappa shape index (κ3) is 9.82. The molecular formula is C24H31N7O4. The van der Waals surface area contributed by atoms with Crippen molar-refractivity contribution in [3.05, 3.63) is 48.5 Å². The highest BCUT2D eigenvalue weighted by atomic mass is 16.5. The number of carbonyl (C=O) groups is 1. The SMILES string of the molecule is CC(=O)CCCOCCOCCNc1nc(Nc2ccc(N)cc2)nc(Nc2ccc(O)cc2)n1. The molecule has 3 aromatic rings. The van der Waals surface area contributed by atoms with Crippen molar-refractivity contribution in [1.82, 2.24) is 15.0 Å². The number of rotatable bonds is 15. The molecule has 0 amide bonds. The minimum atomic E-state index is 0.167. The second-order valence-corrected chi connectivity index (χ2v) is 7.68. The molecule has 1 aromatic heterocycles. The summed E-state index contributed by atoms with van der Waals surface area (Å²) in [5, 5.41) is 18.9. The van der Waals surface area contributed by atoms with E-state index >= 15 is 0 Å². The third-order valence-corrected chi connectivity index (χ3v) is 4.64. The largest absolute Gasteiger partial charge is 0.508 e. The number of nitrogens with zero attached hydrogens (tertiary/aromatic N) is 3. The van der Waals surface area contributed by atoms with Crippen LogP contribution >= 0.6 is 0 Å². The second kappa shape index (κ2) is 13.7. The van der Waals surface area contributed by atoms with E-state index in [4.69, 9.17) is 15.2 Å². The molecular weight excluding hydrogens is 450 g/mol. The Labute approximate surface area is 204 Å². The standard InChI is InChI=1S/C24H31N7O4/c1-17(32)3-2-13-34-15-16-35-14-12-26-22-29-23(27-19-6-4-18(25)5-7-19)31-24(30-22)28-20-8-10-21(33)11-9-20/h4-11,33H,2-3,12-16,25H2,1H3,(H3,26,27,28,29,30,31). The van der Waals surface area contributed by atoms with Crippen LogP contribution in [0.5, 0.6) is 5.75 Å². The van der Waals surface area contributed by atoms with E-state index < -0.39 is 0 Å². The number of aromatic hydroxyl groups is 1. The van der Waals surface area contributed by atoms with Crippen molar-refractivity contribution in [3.63, 3.8) is 0 Å². The molecule has 0 saturated heterocycles. The van der Waals surface area contributed by atoms with E-state index in [9.17, 15) is 9.90 Å². The van der Waals surface area contributed by atoms with Crippen LogP contribution in [0.25, 0.3) is 0 Å². The number of phenolic OH excluding ortho intramolecular Hbond substituents is 1. The summed E-state index contributed by atoms with van der Waals surface area (Å²) in [5.41, 5.74) is 7.90. The monoisotopic (exact) mass is 481 g/mol. The van der Waals surface area contributed by atoms with Crippen LogP contribution in [0.3, 0.4) is 0 Å². The maximum absolute atomic E-state index is 10.9. The Morgan fingerprint density at radius 1 is 0.829 bits per heavy atom. The summed E-state index contributed by atoms with van der Waals surface area (Å²) in [6.07, 6.45) is 1.26. The number of phenols is 1. The lowest BCUT2D eigenvalue weighted by atomic mass is 10.2. The molecule has 0 bridgehead atoms. The number of Topliss-reactive ketones (excluding diaryl/α,β-unsaturated/α-hetero) is 1. The van der Waals surface area contributed by atoms with Crippen LogP contribution in [0.15, 0.2) is 48.5 Å². The molecule has 1 heterocycles. The van der Waals surface area contributed by atoms with E-state index in [1.165, 1.54) is 0 Å². The maximum Gasteiger partial charge on any atom is 0.233 e. The van der Waals surface area contributed by atoms with Crippen LogP contribution in [-0.2, 0) is 14.3 Å². The average Bonchev–Trinajstić information content (AvgIpc) is 2.83. The Morgan fingerprint density at radius 2 is 1.37 bits per heavy atom. The van der Waals surface area contributed by atoms with Crippen molar-refractivity contribution in [2.24, 2.45) is 0 Å². The van der Waals surface area contributed by atoms with Crippen molar-refractivity contribution < 1.29 is 19.4 Å². The average molecular weight is 482 g/mol. The lowest BCUT2D eigenvalue weighted by molar-refractivity contribution is -0.117.